The molecular formula is C18H24N4O2. The van der Waals surface area contributed by atoms with Gasteiger partial charge >= 0.3 is 0 Å². The Kier molecular flexibility index (Phi) is 5.84. The van der Waals surface area contributed by atoms with Crippen LogP contribution in [0.4, 0.5) is 0 Å². The molecule has 6 heteroatoms. The summed E-state index contributed by atoms with van der Waals surface area (Å²) in [6, 6.07) is 7.03. The highest BCUT2D eigenvalue weighted by Gasteiger charge is 2.16. The van der Waals surface area contributed by atoms with Crippen LogP contribution in [0.25, 0.3) is 10.8 Å². The van der Waals surface area contributed by atoms with Gasteiger partial charge in [0.05, 0.1) is 5.39 Å². The lowest BCUT2D eigenvalue weighted by Crippen LogP contribution is -2.29. The van der Waals surface area contributed by atoms with Crippen LogP contribution < -0.4 is 11.0 Å². The van der Waals surface area contributed by atoms with Gasteiger partial charge in [-0.2, -0.15) is 10.2 Å². The molecule has 0 saturated heterocycles. The molecule has 0 aliphatic rings. The molecule has 0 radical (unpaired) electrons. The Bertz CT molecular complexity index is 821. The molecule has 0 aliphatic carbocycles. The predicted octanol–water partition coefficient (Wildman–Crippen LogP) is 2.96. The van der Waals surface area contributed by atoms with Crippen LogP contribution >= 0.6 is 0 Å². The molecule has 6 nitrogen and oxygen atoms in total. The fourth-order valence-electron chi connectivity index (χ4n) is 2.56. The van der Waals surface area contributed by atoms with Crippen molar-refractivity contribution < 1.29 is 4.79 Å². The lowest BCUT2D eigenvalue weighted by Gasteiger charge is -2.11. The van der Waals surface area contributed by atoms with Crippen molar-refractivity contribution in [2.75, 3.05) is 0 Å². The first-order valence-corrected chi connectivity index (χ1v) is 8.36. The summed E-state index contributed by atoms with van der Waals surface area (Å²) in [5.74, 6) is -0.142. The Morgan fingerprint density at radius 2 is 1.92 bits per heavy atom. The average Bonchev–Trinajstić information content (AvgIpc) is 2.57. The third-order valence-corrected chi connectivity index (χ3v) is 3.85. The summed E-state index contributed by atoms with van der Waals surface area (Å²) in [5, 5.41) is 9.52. The van der Waals surface area contributed by atoms with E-state index in [4.69, 9.17) is 0 Å². The number of aryl methyl sites for hydroxylation is 1. The Morgan fingerprint density at radius 1 is 1.25 bits per heavy atom. The second-order valence-corrected chi connectivity index (χ2v) is 5.97. The molecule has 0 saturated carbocycles. The van der Waals surface area contributed by atoms with Crippen LogP contribution in [-0.4, -0.2) is 21.4 Å². The van der Waals surface area contributed by atoms with Crippen molar-refractivity contribution in [1.82, 2.24) is 15.2 Å². The van der Waals surface area contributed by atoms with Crippen molar-refractivity contribution in [3.8, 4) is 0 Å². The summed E-state index contributed by atoms with van der Waals surface area (Å²) in [7, 11) is 0. The van der Waals surface area contributed by atoms with Gasteiger partial charge in [-0.15, -0.1) is 0 Å². The van der Waals surface area contributed by atoms with E-state index in [0.29, 0.717) is 17.3 Å². The topological polar surface area (TPSA) is 76.3 Å². The normalized spacial score (nSPS) is 12.0. The van der Waals surface area contributed by atoms with Crippen LogP contribution in [-0.2, 0) is 6.54 Å². The number of hydrogen-bond donors (Lipinski definition) is 1. The summed E-state index contributed by atoms with van der Waals surface area (Å²) in [6.45, 7) is 8.50. The molecule has 0 unspecified atom stereocenters. The number of nitrogens with zero attached hydrogens (tertiary/aromatic N) is 3. The number of rotatable bonds is 6. The Morgan fingerprint density at radius 3 is 2.50 bits per heavy atom. The van der Waals surface area contributed by atoms with Gasteiger partial charge in [0.2, 0.25) is 0 Å². The van der Waals surface area contributed by atoms with Crippen LogP contribution in [0.15, 0.2) is 34.2 Å². The zero-order valence-electron chi connectivity index (χ0n) is 14.7. The standard InChI is InChI=1S/C18H24N4O2/c1-5-11-22-18(24)14-10-8-7-9-13(14)16(21-22)17(23)20-19-15(6-2)12(3)4/h7-10,12H,5-6,11H2,1-4H3,(H,20,23)/b19-15-. The SMILES string of the molecule is CCCn1nc(C(=O)N/N=C(/CC)C(C)C)c2ccccc2c1=O. The van der Waals surface area contributed by atoms with Crippen molar-refractivity contribution >= 4 is 22.4 Å². The molecule has 0 aliphatic heterocycles. The van der Waals surface area contributed by atoms with Gasteiger partial charge in [-0.25, -0.2) is 10.1 Å². The van der Waals surface area contributed by atoms with Crippen LogP contribution in [0.5, 0.6) is 0 Å². The fraction of sp³-hybridized carbons (Fsp3) is 0.444. The molecular weight excluding hydrogens is 304 g/mol. The first kappa shape index (κ1) is 17.8. The van der Waals surface area contributed by atoms with Crippen molar-refractivity contribution in [2.24, 2.45) is 11.0 Å². The maximum Gasteiger partial charge on any atom is 0.292 e. The predicted molar refractivity (Wildman–Crippen MR) is 96.3 cm³/mol. The van der Waals surface area contributed by atoms with E-state index < -0.39 is 5.91 Å². The smallest absolute Gasteiger partial charge is 0.267 e. The highest BCUT2D eigenvalue weighted by Crippen LogP contribution is 2.13. The van der Waals surface area contributed by atoms with Crippen LogP contribution in [0.1, 0.15) is 51.0 Å². The van der Waals surface area contributed by atoms with E-state index in [1.54, 1.807) is 24.3 Å². The fourth-order valence-corrected chi connectivity index (χ4v) is 2.56. The van der Waals surface area contributed by atoms with Gasteiger partial charge in [0.25, 0.3) is 11.5 Å². The molecule has 1 amide bonds. The lowest BCUT2D eigenvalue weighted by atomic mass is 10.1. The summed E-state index contributed by atoms with van der Waals surface area (Å²) >= 11 is 0. The minimum absolute atomic E-state index is 0.177. The highest BCUT2D eigenvalue weighted by atomic mass is 16.2. The van der Waals surface area contributed by atoms with Gasteiger partial charge in [0.15, 0.2) is 5.69 Å². The average molecular weight is 328 g/mol. The lowest BCUT2D eigenvalue weighted by molar-refractivity contribution is 0.0949. The molecule has 0 bridgehead atoms. The molecule has 0 atom stereocenters. The Hall–Kier alpha value is -2.50. The third-order valence-electron chi connectivity index (χ3n) is 3.85. The van der Waals surface area contributed by atoms with Crippen molar-refractivity contribution in [1.29, 1.82) is 0 Å². The number of benzene rings is 1. The summed E-state index contributed by atoms with van der Waals surface area (Å²) in [4.78, 5) is 25.0. The maximum absolute atomic E-state index is 12.6. The van der Waals surface area contributed by atoms with Crippen molar-refractivity contribution in [3.63, 3.8) is 0 Å². The largest absolute Gasteiger partial charge is 0.292 e. The van der Waals surface area contributed by atoms with Gasteiger partial charge in [-0.3, -0.25) is 9.59 Å². The zero-order valence-corrected chi connectivity index (χ0v) is 14.7. The number of hydrogen-bond acceptors (Lipinski definition) is 4. The molecule has 0 spiro atoms. The van der Waals surface area contributed by atoms with Crippen LogP contribution in [0.2, 0.25) is 0 Å². The molecule has 1 N–H and O–H groups in total. The zero-order chi connectivity index (χ0) is 17.7. The number of fused-ring (bicyclic) bond motifs is 1. The number of amides is 1. The maximum atomic E-state index is 12.6. The Labute approximate surface area is 141 Å². The van der Waals surface area contributed by atoms with E-state index in [-0.39, 0.29) is 17.2 Å². The third kappa shape index (κ3) is 3.69. The van der Waals surface area contributed by atoms with E-state index >= 15 is 0 Å². The molecule has 128 valence electrons. The number of hydrazone groups is 1. The first-order chi connectivity index (χ1) is 11.5. The number of aromatic nitrogens is 2. The molecule has 24 heavy (non-hydrogen) atoms. The number of carbonyl (C=O) groups is 1. The molecule has 1 heterocycles. The van der Waals surface area contributed by atoms with E-state index in [0.717, 1.165) is 18.6 Å². The monoisotopic (exact) mass is 328 g/mol. The van der Waals surface area contributed by atoms with Gasteiger partial charge in [-0.05, 0) is 24.8 Å². The first-order valence-electron chi connectivity index (χ1n) is 8.36. The minimum Gasteiger partial charge on any atom is -0.267 e. The second-order valence-electron chi connectivity index (χ2n) is 5.97. The quantitative estimate of drug-likeness (QED) is 0.654. The van der Waals surface area contributed by atoms with Crippen molar-refractivity contribution in [2.45, 2.75) is 47.1 Å². The molecule has 0 fully saturated rings. The van der Waals surface area contributed by atoms with Gasteiger partial charge < -0.3 is 0 Å². The Balaban J connectivity index is 2.49. The number of nitrogens with one attached hydrogen (secondary N) is 1. The van der Waals surface area contributed by atoms with Crippen LogP contribution in [0.3, 0.4) is 0 Å². The molecule has 2 aromatic rings. The summed E-state index contributed by atoms with van der Waals surface area (Å²) in [6.07, 6.45) is 1.53. The van der Waals surface area contributed by atoms with E-state index in [2.05, 4.69) is 15.6 Å². The van der Waals surface area contributed by atoms with Crippen LogP contribution in [0, 0.1) is 5.92 Å². The molecule has 2 rings (SSSR count). The van der Waals surface area contributed by atoms with E-state index in [1.165, 1.54) is 4.68 Å². The minimum atomic E-state index is -0.400. The van der Waals surface area contributed by atoms with Crippen molar-refractivity contribution in [3.05, 3.63) is 40.3 Å². The van der Waals surface area contributed by atoms with Gasteiger partial charge in [0.1, 0.15) is 0 Å². The van der Waals surface area contributed by atoms with E-state index in [1.807, 2.05) is 27.7 Å². The molecule has 1 aromatic heterocycles. The van der Waals surface area contributed by atoms with E-state index in [9.17, 15) is 9.59 Å². The summed E-state index contributed by atoms with van der Waals surface area (Å²) < 4.78 is 1.35. The molecule has 1 aromatic carbocycles. The van der Waals surface area contributed by atoms with Gasteiger partial charge in [-0.1, -0.05) is 45.9 Å². The second kappa shape index (κ2) is 7.86. The summed E-state index contributed by atoms with van der Waals surface area (Å²) in [5.41, 5.74) is 3.54. The number of carbonyl (C=O) groups excluding carboxylic acids is 1. The highest BCUT2D eigenvalue weighted by molar-refractivity contribution is 6.05. The van der Waals surface area contributed by atoms with Gasteiger partial charge in [0, 0.05) is 17.6 Å².